The maximum Gasteiger partial charge on any atom is 0.251 e. The zero-order valence-electron chi connectivity index (χ0n) is 19.5. The lowest BCUT2D eigenvalue weighted by molar-refractivity contribution is 0.0946. The first kappa shape index (κ1) is 24.9. The Labute approximate surface area is 195 Å². The molecule has 0 saturated carbocycles. The van der Waals surface area contributed by atoms with Crippen LogP contribution in [0.25, 0.3) is 0 Å². The van der Waals surface area contributed by atoms with Gasteiger partial charge in [-0.1, -0.05) is 19.9 Å². The molecule has 0 radical (unpaired) electrons. The number of nitrogens with one attached hydrogen (secondary N) is 1. The van der Waals surface area contributed by atoms with E-state index in [0.717, 1.165) is 6.42 Å². The molecule has 1 heterocycles. The Morgan fingerprint density at radius 2 is 1.73 bits per heavy atom. The largest absolute Gasteiger partial charge is 0.497 e. The van der Waals surface area contributed by atoms with E-state index < -0.39 is 10.0 Å². The minimum Gasteiger partial charge on any atom is -0.497 e. The number of ether oxygens (including phenoxy) is 3. The summed E-state index contributed by atoms with van der Waals surface area (Å²) in [7, 11) is -0.802. The van der Waals surface area contributed by atoms with Gasteiger partial charge in [-0.05, 0) is 48.6 Å². The fourth-order valence-corrected chi connectivity index (χ4v) is 5.95. The minimum atomic E-state index is -3.80. The minimum absolute atomic E-state index is 0.00609. The Kier molecular flexibility index (Phi) is 8.20. The molecule has 1 saturated heterocycles. The Morgan fingerprint density at radius 1 is 1.03 bits per heavy atom. The highest BCUT2D eigenvalue weighted by Crippen LogP contribution is 2.32. The van der Waals surface area contributed by atoms with E-state index in [2.05, 4.69) is 5.32 Å². The van der Waals surface area contributed by atoms with Crippen LogP contribution in [0.15, 0.2) is 47.4 Å². The van der Waals surface area contributed by atoms with Gasteiger partial charge in [-0.2, -0.15) is 4.31 Å². The van der Waals surface area contributed by atoms with Gasteiger partial charge < -0.3 is 19.5 Å². The van der Waals surface area contributed by atoms with Gasteiger partial charge in [0.15, 0.2) is 0 Å². The van der Waals surface area contributed by atoms with Crippen LogP contribution in [0.5, 0.6) is 17.2 Å². The van der Waals surface area contributed by atoms with E-state index >= 15 is 0 Å². The monoisotopic (exact) mass is 476 g/mol. The molecule has 1 amide bonds. The third kappa shape index (κ3) is 6.17. The molecule has 2 aromatic carbocycles. The van der Waals surface area contributed by atoms with E-state index in [-0.39, 0.29) is 47.1 Å². The number of carbonyl (C=O) groups excluding carboxylic acids is 1. The average Bonchev–Trinajstić information content (AvgIpc) is 2.80. The summed E-state index contributed by atoms with van der Waals surface area (Å²) in [5.41, 5.74) is 0.244. The number of sulfonamides is 1. The third-order valence-corrected chi connectivity index (χ3v) is 7.43. The second-order valence-corrected chi connectivity index (χ2v) is 10.3. The van der Waals surface area contributed by atoms with Crippen LogP contribution in [-0.2, 0) is 10.0 Å². The first-order valence-electron chi connectivity index (χ1n) is 11.0. The first-order chi connectivity index (χ1) is 15.7. The van der Waals surface area contributed by atoms with Crippen molar-refractivity contribution in [2.45, 2.75) is 25.2 Å². The van der Waals surface area contributed by atoms with Crippen molar-refractivity contribution in [3.8, 4) is 17.2 Å². The molecular formula is C24H32N2O6S. The molecule has 1 aliphatic heterocycles. The highest BCUT2D eigenvalue weighted by molar-refractivity contribution is 7.89. The summed E-state index contributed by atoms with van der Waals surface area (Å²) >= 11 is 0. The molecule has 8 nitrogen and oxygen atoms in total. The number of rotatable bonds is 9. The summed E-state index contributed by atoms with van der Waals surface area (Å²) < 4.78 is 44.4. The molecule has 9 heteroatoms. The van der Waals surface area contributed by atoms with Crippen LogP contribution in [-0.4, -0.2) is 59.1 Å². The van der Waals surface area contributed by atoms with Crippen molar-refractivity contribution in [2.24, 2.45) is 11.8 Å². The highest BCUT2D eigenvalue weighted by Gasteiger charge is 2.34. The first-order valence-corrected chi connectivity index (χ1v) is 12.4. The van der Waals surface area contributed by atoms with Gasteiger partial charge in [0, 0.05) is 24.7 Å². The summed E-state index contributed by atoms with van der Waals surface area (Å²) in [5, 5.41) is 2.76. The molecule has 3 rings (SSSR count). The van der Waals surface area contributed by atoms with Gasteiger partial charge in [0.25, 0.3) is 5.91 Å². The molecule has 2 unspecified atom stereocenters. The highest BCUT2D eigenvalue weighted by atomic mass is 32.2. The summed E-state index contributed by atoms with van der Waals surface area (Å²) in [6, 6.07) is 11.6. The van der Waals surface area contributed by atoms with Gasteiger partial charge in [0.1, 0.15) is 28.8 Å². The van der Waals surface area contributed by atoms with Gasteiger partial charge in [-0.15, -0.1) is 0 Å². The van der Waals surface area contributed by atoms with E-state index in [4.69, 9.17) is 14.2 Å². The second-order valence-electron chi connectivity index (χ2n) is 8.42. The maximum absolute atomic E-state index is 13.4. The topological polar surface area (TPSA) is 94.2 Å². The van der Waals surface area contributed by atoms with Gasteiger partial charge in [0.05, 0.1) is 20.8 Å². The van der Waals surface area contributed by atoms with Crippen LogP contribution in [0, 0.1) is 11.8 Å². The molecular weight excluding hydrogens is 444 g/mol. The predicted molar refractivity (Wildman–Crippen MR) is 126 cm³/mol. The zero-order chi connectivity index (χ0) is 24.0. The van der Waals surface area contributed by atoms with Crippen molar-refractivity contribution >= 4 is 15.9 Å². The van der Waals surface area contributed by atoms with Crippen molar-refractivity contribution in [2.75, 3.05) is 40.5 Å². The molecule has 0 bridgehead atoms. The SMILES string of the molecule is COc1cccc(OCCNC(=O)c2ccc(OC)c(S(=O)(=O)N3CC(C)CC(C)C3)c2)c1. The molecule has 1 fully saturated rings. The van der Waals surface area contributed by atoms with Crippen LogP contribution in [0.3, 0.4) is 0 Å². The van der Waals surface area contributed by atoms with Crippen LogP contribution in [0.4, 0.5) is 0 Å². The van der Waals surface area contributed by atoms with E-state index in [1.54, 1.807) is 25.3 Å². The summed E-state index contributed by atoms with van der Waals surface area (Å²) in [5.74, 6) is 1.69. The molecule has 33 heavy (non-hydrogen) atoms. The lowest BCUT2D eigenvalue weighted by atomic mass is 9.94. The smallest absolute Gasteiger partial charge is 0.251 e. The van der Waals surface area contributed by atoms with E-state index in [0.29, 0.717) is 24.6 Å². The predicted octanol–water partition coefficient (Wildman–Crippen LogP) is 3.18. The normalized spacial score (nSPS) is 19.0. The number of hydrogen-bond donors (Lipinski definition) is 1. The Bertz CT molecular complexity index is 1060. The van der Waals surface area contributed by atoms with E-state index in [9.17, 15) is 13.2 Å². The number of methoxy groups -OCH3 is 2. The number of nitrogens with zero attached hydrogens (tertiary/aromatic N) is 1. The maximum atomic E-state index is 13.4. The van der Waals surface area contributed by atoms with E-state index in [1.165, 1.54) is 23.5 Å². The Balaban J connectivity index is 1.68. The van der Waals surface area contributed by atoms with Gasteiger partial charge in [-0.3, -0.25) is 4.79 Å². The van der Waals surface area contributed by atoms with Crippen molar-refractivity contribution in [3.05, 3.63) is 48.0 Å². The van der Waals surface area contributed by atoms with Crippen LogP contribution < -0.4 is 19.5 Å². The molecule has 0 aromatic heterocycles. The van der Waals surface area contributed by atoms with Gasteiger partial charge in [-0.25, -0.2) is 8.42 Å². The summed E-state index contributed by atoms with van der Waals surface area (Å²) in [4.78, 5) is 12.7. The third-order valence-electron chi connectivity index (χ3n) is 5.58. The number of hydrogen-bond acceptors (Lipinski definition) is 6. The summed E-state index contributed by atoms with van der Waals surface area (Å²) in [6.07, 6.45) is 0.990. The molecule has 180 valence electrons. The van der Waals surface area contributed by atoms with Gasteiger partial charge >= 0.3 is 0 Å². The Hall–Kier alpha value is -2.78. The van der Waals surface area contributed by atoms with Crippen molar-refractivity contribution in [1.82, 2.24) is 9.62 Å². The zero-order valence-corrected chi connectivity index (χ0v) is 20.4. The van der Waals surface area contributed by atoms with E-state index in [1.807, 2.05) is 26.0 Å². The Morgan fingerprint density at radius 3 is 2.39 bits per heavy atom. The number of benzene rings is 2. The molecule has 2 atom stereocenters. The molecule has 1 N–H and O–H groups in total. The average molecular weight is 477 g/mol. The van der Waals surface area contributed by atoms with Crippen molar-refractivity contribution in [3.63, 3.8) is 0 Å². The van der Waals surface area contributed by atoms with Crippen LogP contribution >= 0.6 is 0 Å². The molecule has 0 aliphatic carbocycles. The number of amides is 1. The van der Waals surface area contributed by atoms with Gasteiger partial charge in [0.2, 0.25) is 10.0 Å². The lowest BCUT2D eigenvalue weighted by Crippen LogP contribution is -2.42. The molecule has 0 spiro atoms. The fourth-order valence-electron chi connectivity index (χ4n) is 4.09. The van der Waals surface area contributed by atoms with Crippen LogP contribution in [0.2, 0.25) is 0 Å². The van der Waals surface area contributed by atoms with Crippen molar-refractivity contribution in [1.29, 1.82) is 0 Å². The quantitative estimate of drug-likeness (QED) is 0.559. The number of piperidine rings is 1. The number of carbonyl (C=O) groups is 1. The summed E-state index contributed by atoms with van der Waals surface area (Å²) in [6.45, 7) is 5.51. The molecule has 1 aliphatic rings. The molecule has 2 aromatic rings. The fraction of sp³-hybridized carbons (Fsp3) is 0.458. The van der Waals surface area contributed by atoms with Crippen LogP contribution in [0.1, 0.15) is 30.6 Å². The standard InChI is InChI=1S/C24H32N2O6S/c1-17-12-18(2)16-26(15-17)33(28,29)23-13-19(8-9-22(23)31-4)24(27)25-10-11-32-21-7-5-6-20(14-21)30-3/h5-9,13-14,17-18H,10-12,15-16H2,1-4H3,(H,25,27). The second kappa shape index (κ2) is 10.9. The van der Waals surface area contributed by atoms with Crippen molar-refractivity contribution < 1.29 is 27.4 Å². The lowest BCUT2D eigenvalue weighted by Gasteiger charge is -2.34.